The summed E-state index contributed by atoms with van der Waals surface area (Å²) in [5.41, 5.74) is 3.81. The SMILES string of the molecule is [2H]C([2H])([2H])c1cc(-c2c(C)ccc3c2oc2cc(-c4ccc5c(c4)C([2H])([2H])C(C)(C)C5([2H])[2H])ccc23)[n+](C)cc1F. The Morgan fingerprint density at radius 1 is 0.941 bits per heavy atom. The van der Waals surface area contributed by atoms with Crippen LogP contribution in [0.25, 0.3) is 44.3 Å². The molecule has 3 heteroatoms. The number of benzene rings is 3. The zero-order valence-corrected chi connectivity index (χ0v) is 19.5. The molecule has 0 unspecified atom stereocenters. The Balaban J connectivity index is 1.53. The van der Waals surface area contributed by atoms with Gasteiger partial charge in [0, 0.05) is 26.4 Å². The fourth-order valence-electron chi connectivity index (χ4n) is 4.94. The molecule has 2 heterocycles. The van der Waals surface area contributed by atoms with Gasteiger partial charge in [-0.25, -0.2) is 4.39 Å². The predicted molar refractivity (Wildman–Crippen MR) is 136 cm³/mol. The number of halogens is 1. The zero-order chi connectivity index (χ0) is 29.9. The molecule has 0 atom stereocenters. The smallest absolute Gasteiger partial charge is 0.216 e. The summed E-state index contributed by atoms with van der Waals surface area (Å²) in [6.07, 6.45) is -2.51. The summed E-state index contributed by atoms with van der Waals surface area (Å²) in [6, 6.07) is 16.2. The number of hydrogen-bond acceptors (Lipinski definition) is 1. The lowest BCUT2D eigenvalue weighted by atomic mass is 9.90. The number of nitrogens with zero attached hydrogens (tertiary/aromatic N) is 1. The van der Waals surface area contributed by atoms with Crippen molar-refractivity contribution in [1.29, 1.82) is 0 Å². The van der Waals surface area contributed by atoms with Crippen molar-refractivity contribution in [3.05, 3.63) is 88.9 Å². The molecule has 3 aromatic carbocycles. The van der Waals surface area contributed by atoms with Gasteiger partial charge in [0.2, 0.25) is 11.9 Å². The highest BCUT2D eigenvalue weighted by atomic mass is 19.1. The monoisotopic (exact) mass is 457 g/mol. The Kier molecular flexibility index (Phi) is 3.15. The first-order valence-electron chi connectivity index (χ1n) is 14.8. The highest BCUT2D eigenvalue weighted by Crippen LogP contribution is 2.40. The minimum atomic E-state index is -2.61. The van der Waals surface area contributed by atoms with E-state index in [2.05, 4.69) is 0 Å². The van der Waals surface area contributed by atoms with Crippen LogP contribution >= 0.6 is 0 Å². The van der Waals surface area contributed by atoms with Gasteiger partial charge in [0.05, 0.1) is 5.56 Å². The Morgan fingerprint density at radius 2 is 1.68 bits per heavy atom. The lowest BCUT2D eigenvalue weighted by molar-refractivity contribution is -0.662. The second-order valence-corrected chi connectivity index (χ2v) is 9.61. The van der Waals surface area contributed by atoms with Crippen molar-refractivity contribution in [2.45, 2.75) is 40.4 Å². The van der Waals surface area contributed by atoms with Gasteiger partial charge in [-0.1, -0.05) is 50.2 Å². The number of furan rings is 1. The van der Waals surface area contributed by atoms with E-state index in [9.17, 15) is 4.39 Å². The van der Waals surface area contributed by atoms with Gasteiger partial charge in [-0.15, -0.1) is 0 Å². The Labute approximate surface area is 209 Å². The molecule has 0 spiro atoms. The average molecular weight is 458 g/mol. The van der Waals surface area contributed by atoms with Crippen molar-refractivity contribution in [2.75, 3.05) is 0 Å². The van der Waals surface area contributed by atoms with Crippen LogP contribution in [0.5, 0.6) is 0 Å². The fourth-order valence-corrected chi connectivity index (χ4v) is 4.94. The van der Waals surface area contributed by atoms with E-state index < -0.39 is 30.8 Å². The first kappa shape index (κ1) is 14.7. The fraction of sp³-hybridized carbons (Fsp3) is 0.258. The van der Waals surface area contributed by atoms with Crippen LogP contribution in [0.3, 0.4) is 0 Å². The highest BCUT2D eigenvalue weighted by Gasteiger charge is 2.28. The van der Waals surface area contributed by atoms with Crippen LogP contribution < -0.4 is 4.57 Å². The number of aryl methyl sites for hydroxylation is 3. The van der Waals surface area contributed by atoms with Crippen LogP contribution in [-0.2, 0) is 19.8 Å². The molecule has 2 aromatic heterocycles. The molecule has 0 aliphatic heterocycles. The van der Waals surface area contributed by atoms with Crippen molar-refractivity contribution in [2.24, 2.45) is 12.5 Å². The summed E-state index contributed by atoms with van der Waals surface area (Å²) >= 11 is 0. The molecule has 0 saturated carbocycles. The molecule has 34 heavy (non-hydrogen) atoms. The van der Waals surface area contributed by atoms with Gasteiger partial charge in [-0.2, -0.15) is 4.57 Å². The van der Waals surface area contributed by atoms with Crippen LogP contribution in [0.2, 0.25) is 0 Å². The summed E-state index contributed by atoms with van der Waals surface area (Å²) in [6.45, 7) is 2.52. The van der Waals surface area contributed by atoms with Crippen LogP contribution in [0.4, 0.5) is 4.39 Å². The van der Waals surface area contributed by atoms with Crippen molar-refractivity contribution in [1.82, 2.24) is 0 Å². The summed E-state index contributed by atoms with van der Waals surface area (Å²) < 4.78 is 80.6. The maximum atomic E-state index is 14.6. The van der Waals surface area contributed by atoms with E-state index in [-0.39, 0.29) is 5.56 Å². The van der Waals surface area contributed by atoms with Crippen molar-refractivity contribution in [3.8, 4) is 22.4 Å². The Hall–Kier alpha value is -3.46. The van der Waals surface area contributed by atoms with Crippen LogP contribution in [-0.4, -0.2) is 0 Å². The van der Waals surface area contributed by atoms with Crippen molar-refractivity contribution < 1.29 is 23.0 Å². The summed E-state index contributed by atoms with van der Waals surface area (Å²) in [4.78, 5) is 0. The Bertz CT molecular complexity index is 1900. The van der Waals surface area contributed by atoms with Gasteiger partial charge in [-0.3, -0.25) is 0 Å². The average Bonchev–Trinajstić information content (AvgIpc) is 3.29. The molecule has 1 aliphatic rings. The van der Waals surface area contributed by atoms with Gasteiger partial charge in [0.1, 0.15) is 18.2 Å². The zero-order valence-electron chi connectivity index (χ0n) is 26.5. The molecule has 5 aromatic rings. The van der Waals surface area contributed by atoms with Gasteiger partial charge in [-0.05, 0) is 77.4 Å². The van der Waals surface area contributed by atoms with Crippen LogP contribution in [0, 0.1) is 25.0 Å². The molecular weight excluding hydrogens is 421 g/mol. The van der Waals surface area contributed by atoms with Crippen molar-refractivity contribution in [3.63, 3.8) is 0 Å². The normalized spacial score (nSPS) is 21.1. The molecule has 2 nitrogen and oxygen atoms in total. The summed E-state index contributed by atoms with van der Waals surface area (Å²) in [7, 11) is 1.66. The van der Waals surface area contributed by atoms with E-state index in [1.165, 1.54) is 12.3 Å². The van der Waals surface area contributed by atoms with Gasteiger partial charge < -0.3 is 4.42 Å². The second-order valence-electron chi connectivity index (χ2n) is 9.61. The number of hydrogen-bond donors (Lipinski definition) is 0. The van der Waals surface area contributed by atoms with E-state index in [1.54, 1.807) is 37.6 Å². The van der Waals surface area contributed by atoms with Crippen LogP contribution in [0.15, 0.2) is 65.2 Å². The third-order valence-corrected chi connectivity index (χ3v) is 6.58. The van der Waals surface area contributed by atoms with Gasteiger partial charge in [0.15, 0.2) is 5.82 Å². The van der Waals surface area contributed by atoms with E-state index in [1.807, 2.05) is 43.3 Å². The molecule has 1 aliphatic carbocycles. The van der Waals surface area contributed by atoms with E-state index >= 15 is 0 Å². The molecule has 170 valence electrons. The number of pyridine rings is 1. The second kappa shape index (κ2) is 7.27. The first-order chi connectivity index (χ1) is 19.0. The van der Waals surface area contributed by atoms with Gasteiger partial charge in [0.25, 0.3) is 0 Å². The number of rotatable bonds is 2. The molecule has 0 bridgehead atoms. The third kappa shape index (κ3) is 3.26. The van der Waals surface area contributed by atoms with E-state index in [0.717, 1.165) is 27.5 Å². The molecule has 0 radical (unpaired) electrons. The van der Waals surface area contributed by atoms with Gasteiger partial charge >= 0.3 is 0 Å². The topological polar surface area (TPSA) is 17.0 Å². The Morgan fingerprint density at radius 3 is 2.50 bits per heavy atom. The van der Waals surface area contributed by atoms with E-state index in [0.29, 0.717) is 33.6 Å². The summed E-state index contributed by atoms with van der Waals surface area (Å²) in [5, 5.41) is 1.67. The number of aromatic nitrogens is 1. The minimum Gasteiger partial charge on any atom is -0.455 e. The molecule has 0 N–H and O–H groups in total. The molecule has 0 amide bonds. The molecule has 6 rings (SSSR count). The molecule has 0 saturated heterocycles. The largest absolute Gasteiger partial charge is 0.455 e. The van der Waals surface area contributed by atoms with E-state index in [4.69, 9.17) is 14.0 Å². The number of fused-ring (bicyclic) bond motifs is 4. The summed E-state index contributed by atoms with van der Waals surface area (Å²) in [5.74, 6) is -0.800. The first-order valence-corrected chi connectivity index (χ1v) is 11.3. The standard InChI is InChI=1S/C31H29FNO/c1-18-6-10-25-24-11-9-21(20-7-8-22-15-31(3,4)16-23(22)13-20)14-28(24)34-30(25)29(18)27-12-19(2)26(32)17-33(27)5/h6-14,17H,15-16H2,1-5H3/q+1/i2D3,15D2,16D2. The lowest BCUT2D eigenvalue weighted by Gasteiger charge is -2.14. The predicted octanol–water partition coefficient (Wildman–Crippen LogP) is 7.63. The minimum absolute atomic E-state index is 0.349. The maximum Gasteiger partial charge on any atom is 0.216 e. The quantitative estimate of drug-likeness (QED) is 0.249. The van der Waals surface area contributed by atoms with Crippen molar-refractivity contribution >= 4 is 21.9 Å². The molecular formula is C31H29FNO+. The lowest BCUT2D eigenvalue weighted by Crippen LogP contribution is -2.31. The third-order valence-electron chi connectivity index (χ3n) is 6.58. The highest BCUT2D eigenvalue weighted by molar-refractivity contribution is 6.10. The van der Waals surface area contributed by atoms with Crippen LogP contribution in [0.1, 0.15) is 45.7 Å². The maximum absolute atomic E-state index is 14.6. The molecule has 0 fully saturated rings.